The van der Waals surface area contributed by atoms with Crippen LogP contribution in [0.1, 0.15) is 69.8 Å². The van der Waals surface area contributed by atoms with E-state index < -0.39 is 0 Å². The number of methoxy groups -OCH3 is 1. The Bertz CT molecular complexity index is 390. The Morgan fingerprint density at radius 3 is 2.35 bits per heavy atom. The molecule has 0 amide bonds. The smallest absolute Gasteiger partial charge is 0.118 e. The number of ether oxygens (including phenoxy) is 1. The molecule has 1 aromatic carbocycles. The average molecular weight is 339 g/mol. The molecule has 0 atom stereocenters. The van der Waals surface area contributed by atoms with Gasteiger partial charge in [0.1, 0.15) is 5.75 Å². The molecule has 1 aromatic rings. The number of hydrogen-bond donors (Lipinski definition) is 0. The Morgan fingerprint density at radius 2 is 1.80 bits per heavy atom. The zero-order valence-electron chi connectivity index (χ0n) is 12.8. The van der Waals surface area contributed by atoms with E-state index in [0.29, 0.717) is 4.32 Å². The molecule has 0 aromatic heterocycles. The van der Waals surface area contributed by atoms with Crippen LogP contribution < -0.4 is 4.74 Å². The molecule has 2 heteroatoms. The topological polar surface area (TPSA) is 9.23 Å². The SMILES string of the molecule is CCCCCC1(Br)CCC(c2ccc(OC)cc2)CC1. The van der Waals surface area contributed by atoms with Crippen LogP contribution in [0.4, 0.5) is 0 Å². The van der Waals surface area contributed by atoms with Crippen molar-refractivity contribution in [2.24, 2.45) is 0 Å². The van der Waals surface area contributed by atoms with Gasteiger partial charge in [0.15, 0.2) is 0 Å². The summed E-state index contributed by atoms with van der Waals surface area (Å²) in [6.45, 7) is 2.28. The Labute approximate surface area is 132 Å². The van der Waals surface area contributed by atoms with Crippen molar-refractivity contribution in [2.75, 3.05) is 7.11 Å². The minimum Gasteiger partial charge on any atom is -0.497 e. The molecule has 0 radical (unpaired) electrons. The predicted molar refractivity (Wildman–Crippen MR) is 90.0 cm³/mol. The van der Waals surface area contributed by atoms with Gasteiger partial charge < -0.3 is 4.74 Å². The van der Waals surface area contributed by atoms with E-state index in [1.54, 1.807) is 7.11 Å². The van der Waals surface area contributed by atoms with E-state index in [0.717, 1.165) is 11.7 Å². The lowest BCUT2D eigenvalue weighted by atomic mass is 9.77. The zero-order valence-corrected chi connectivity index (χ0v) is 14.4. The lowest BCUT2D eigenvalue weighted by molar-refractivity contribution is 0.343. The Kier molecular flexibility index (Phi) is 5.95. The van der Waals surface area contributed by atoms with Crippen LogP contribution in [-0.2, 0) is 0 Å². The van der Waals surface area contributed by atoms with Gasteiger partial charge >= 0.3 is 0 Å². The van der Waals surface area contributed by atoms with Crippen LogP contribution in [0.15, 0.2) is 24.3 Å². The monoisotopic (exact) mass is 338 g/mol. The summed E-state index contributed by atoms with van der Waals surface area (Å²) in [5.41, 5.74) is 1.48. The third kappa shape index (κ3) is 4.25. The molecular weight excluding hydrogens is 312 g/mol. The molecule has 0 unspecified atom stereocenters. The average Bonchev–Trinajstić information content (AvgIpc) is 2.48. The summed E-state index contributed by atoms with van der Waals surface area (Å²) in [5.74, 6) is 1.69. The van der Waals surface area contributed by atoms with Gasteiger partial charge in [0.25, 0.3) is 0 Å². The largest absolute Gasteiger partial charge is 0.497 e. The number of unbranched alkanes of at least 4 members (excludes halogenated alkanes) is 2. The van der Waals surface area contributed by atoms with Crippen molar-refractivity contribution in [3.63, 3.8) is 0 Å². The number of alkyl halides is 1. The second kappa shape index (κ2) is 7.49. The number of benzene rings is 1. The maximum atomic E-state index is 5.24. The van der Waals surface area contributed by atoms with Gasteiger partial charge in [-0.25, -0.2) is 0 Å². The number of rotatable bonds is 6. The molecule has 0 aliphatic heterocycles. The third-order valence-corrected chi connectivity index (χ3v) is 5.89. The minimum absolute atomic E-state index is 0.422. The zero-order chi connectivity index (χ0) is 14.4. The van der Waals surface area contributed by atoms with Gasteiger partial charge in [-0.3, -0.25) is 0 Å². The van der Waals surface area contributed by atoms with Crippen LogP contribution in [0, 0.1) is 0 Å². The van der Waals surface area contributed by atoms with Crippen molar-refractivity contribution in [1.82, 2.24) is 0 Å². The highest BCUT2D eigenvalue weighted by Crippen LogP contribution is 2.45. The second-order valence-electron chi connectivity index (χ2n) is 6.16. The van der Waals surface area contributed by atoms with Crippen LogP contribution in [0.5, 0.6) is 5.75 Å². The fraction of sp³-hybridized carbons (Fsp3) is 0.667. The highest BCUT2D eigenvalue weighted by Gasteiger charge is 2.32. The fourth-order valence-electron chi connectivity index (χ4n) is 3.29. The molecule has 112 valence electrons. The first kappa shape index (κ1) is 15.9. The lowest BCUT2D eigenvalue weighted by Crippen LogP contribution is -2.27. The van der Waals surface area contributed by atoms with Crippen LogP contribution in [-0.4, -0.2) is 11.4 Å². The molecule has 2 rings (SSSR count). The van der Waals surface area contributed by atoms with Gasteiger partial charge in [-0.05, 0) is 55.7 Å². The van der Waals surface area contributed by atoms with Gasteiger partial charge in [0.2, 0.25) is 0 Å². The summed E-state index contributed by atoms with van der Waals surface area (Å²) in [5, 5.41) is 0. The normalized spacial score (nSPS) is 26.4. The van der Waals surface area contributed by atoms with E-state index >= 15 is 0 Å². The highest BCUT2D eigenvalue weighted by atomic mass is 79.9. The van der Waals surface area contributed by atoms with Crippen molar-refractivity contribution >= 4 is 15.9 Å². The van der Waals surface area contributed by atoms with Gasteiger partial charge in [-0.15, -0.1) is 0 Å². The molecule has 1 fully saturated rings. The Hall–Kier alpha value is -0.500. The first-order valence-electron chi connectivity index (χ1n) is 8.00. The first-order chi connectivity index (χ1) is 9.67. The molecule has 1 aliphatic carbocycles. The van der Waals surface area contributed by atoms with Crippen molar-refractivity contribution in [1.29, 1.82) is 0 Å². The van der Waals surface area contributed by atoms with Crippen molar-refractivity contribution in [3.05, 3.63) is 29.8 Å². The molecule has 0 spiro atoms. The van der Waals surface area contributed by atoms with E-state index in [1.165, 1.54) is 56.9 Å². The molecule has 0 bridgehead atoms. The predicted octanol–water partition coefficient (Wildman–Crippen LogP) is 6.07. The lowest BCUT2D eigenvalue weighted by Gasteiger charge is -2.36. The molecule has 0 heterocycles. The van der Waals surface area contributed by atoms with Crippen molar-refractivity contribution in [2.45, 2.75) is 68.5 Å². The van der Waals surface area contributed by atoms with Crippen LogP contribution in [0.3, 0.4) is 0 Å². The Balaban J connectivity index is 1.86. The van der Waals surface area contributed by atoms with E-state index in [2.05, 4.69) is 47.1 Å². The number of halogens is 1. The maximum Gasteiger partial charge on any atom is 0.118 e. The highest BCUT2D eigenvalue weighted by molar-refractivity contribution is 9.10. The van der Waals surface area contributed by atoms with Gasteiger partial charge in [-0.1, -0.05) is 54.2 Å². The Morgan fingerprint density at radius 1 is 1.15 bits per heavy atom. The van der Waals surface area contributed by atoms with E-state index in [9.17, 15) is 0 Å². The molecule has 0 N–H and O–H groups in total. The van der Waals surface area contributed by atoms with Crippen molar-refractivity contribution in [3.8, 4) is 5.75 Å². The van der Waals surface area contributed by atoms with Gasteiger partial charge in [0.05, 0.1) is 7.11 Å². The molecule has 1 saturated carbocycles. The summed E-state index contributed by atoms with van der Waals surface area (Å²) in [6.07, 6.45) is 10.6. The van der Waals surface area contributed by atoms with Crippen LogP contribution in [0.2, 0.25) is 0 Å². The molecular formula is C18H27BrO. The summed E-state index contributed by atoms with van der Waals surface area (Å²) in [4.78, 5) is 0. The van der Waals surface area contributed by atoms with Gasteiger partial charge in [0, 0.05) is 4.32 Å². The third-order valence-electron chi connectivity index (χ3n) is 4.70. The molecule has 1 aliphatic rings. The summed E-state index contributed by atoms with van der Waals surface area (Å²) in [6, 6.07) is 8.66. The molecule has 0 saturated heterocycles. The van der Waals surface area contributed by atoms with E-state index in [1.807, 2.05) is 0 Å². The summed E-state index contributed by atoms with van der Waals surface area (Å²) >= 11 is 4.03. The van der Waals surface area contributed by atoms with E-state index in [-0.39, 0.29) is 0 Å². The summed E-state index contributed by atoms with van der Waals surface area (Å²) in [7, 11) is 1.73. The minimum atomic E-state index is 0.422. The van der Waals surface area contributed by atoms with Crippen LogP contribution >= 0.6 is 15.9 Å². The van der Waals surface area contributed by atoms with Crippen LogP contribution in [0.25, 0.3) is 0 Å². The van der Waals surface area contributed by atoms with E-state index in [4.69, 9.17) is 4.74 Å². The summed E-state index contributed by atoms with van der Waals surface area (Å²) < 4.78 is 5.66. The maximum absolute atomic E-state index is 5.24. The molecule has 20 heavy (non-hydrogen) atoms. The second-order valence-corrected chi connectivity index (χ2v) is 7.84. The number of hydrogen-bond acceptors (Lipinski definition) is 1. The van der Waals surface area contributed by atoms with Gasteiger partial charge in [-0.2, -0.15) is 0 Å². The standard InChI is InChI=1S/C18H27BrO/c1-3-4-5-12-18(19)13-10-16(11-14-18)15-6-8-17(20-2)9-7-15/h6-9,16H,3-5,10-14H2,1-2H3. The fourth-order valence-corrected chi connectivity index (χ4v) is 4.02. The quantitative estimate of drug-likeness (QED) is 0.452. The first-order valence-corrected chi connectivity index (χ1v) is 8.79. The van der Waals surface area contributed by atoms with Crippen molar-refractivity contribution < 1.29 is 4.74 Å². The molecule has 1 nitrogen and oxygen atoms in total.